The highest BCUT2D eigenvalue weighted by Crippen LogP contribution is 2.45. The lowest BCUT2D eigenvalue weighted by Crippen LogP contribution is -2.27. The number of aromatic carboxylic acids is 1. The zero-order valence-electron chi connectivity index (χ0n) is 23.5. The van der Waals surface area contributed by atoms with Gasteiger partial charge in [0.2, 0.25) is 0 Å². The van der Waals surface area contributed by atoms with Crippen molar-refractivity contribution in [3.63, 3.8) is 0 Å². The van der Waals surface area contributed by atoms with E-state index in [0.29, 0.717) is 17.2 Å². The van der Waals surface area contributed by atoms with Crippen molar-refractivity contribution >= 4 is 40.1 Å². The van der Waals surface area contributed by atoms with Crippen molar-refractivity contribution in [2.24, 2.45) is 16.3 Å². The third-order valence-electron chi connectivity index (χ3n) is 7.52. The van der Waals surface area contributed by atoms with Crippen LogP contribution in [-0.4, -0.2) is 23.2 Å². The number of carboxylic acid groups (broad SMARTS) is 1. The van der Waals surface area contributed by atoms with Crippen molar-refractivity contribution < 1.29 is 19.4 Å². The van der Waals surface area contributed by atoms with Gasteiger partial charge in [-0.1, -0.05) is 51.1 Å². The number of thiophene rings is 1. The molecule has 2 N–H and O–H groups in total. The quantitative estimate of drug-likeness (QED) is 0.211. The number of para-hydroxylation sites is 1. The molecule has 1 atom stereocenters. The van der Waals surface area contributed by atoms with Gasteiger partial charge in [-0.2, -0.15) is 0 Å². The third-order valence-corrected chi connectivity index (χ3v) is 8.68. The van der Waals surface area contributed by atoms with E-state index in [1.54, 1.807) is 35.8 Å². The molecule has 0 aliphatic heterocycles. The van der Waals surface area contributed by atoms with E-state index in [-0.39, 0.29) is 23.5 Å². The molecule has 1 aliphatic carbocycles. The molecule has 7 heteroatoms. The average molecular weight is 567 g/mol. The number of amides is 1. The van der Waals surface area contributed by atoms with E-state index in [2.05, 4.69) is 26.1 Å². The van der Waals surface area contributed by atoms with Crippen LogP contribution in [0.25, 0.3) is 0 Å². The highest BCUT2D eigenvalue weighted by atomic mass is 32.1. The molecular formula is C34H34N2O4S. The van der Waals surface area contributed by atoms with Crippen molar-refractivity contribution in [2.75, 3.05) is 5.32 Å². The molecule has 0 spiro atoms. The molecule has 3 aromatic carbocycles. The molecule has 0 saturated carbocycles. The van der Waals surface area contributed by atoms with Crippen LogP contribution in [0.4, 0.5) is 10.7 Å². The number of hydrogen-bond acceptors (Lipinski definition) is 5. The Bertz CT molecular complexity index is 1570. The van der Waals surface area contributed by atoms with E-state index in [1.165, 1.54) is 4.88 Å². The van der Waals surface area contributed by atoms with Crippen LogP contribution in [0.2, 0.25) is 0 Å². The number of fused-ring (bicyclic) bond motifs is 1. The van der Waals surface area contributed by atoms with Crippen molar-refractivity contribution in [2.45, 2.75) is 46.6 Å². The van der Waals surface area contributed by atoms with E-state index in [0.717, 1.165) is 46.6 Å². The average Bonchev–Trinajstić information content (AvgIpc) is 3.33. The van der Waals surface area contributed by atoms with Gasteiger partial charge in [0, 0.05) is 16.8 Å². The first kappa shape index (κ1) is 28.3. The zero-order chi connectivity index (χ0) is 29.0. The summed E-state index contributed by atoms with van der Waals surface area (Å²) in [5, 5.41) is 13.0. The largest absolute Gasteiger partial charge is 0.489 e. The SMILES string of the molecule is CC(C)(C)[C@H]1CCc2c(sc(N=Cc3ccc(OCc4cccc(C(=O)O)c4)cc3)c2C(=O)Nc2ccccc2)C1. The van der Waals surface area contributed by atoms with Crippen molar-refractivity contribution in [1.82, 2.24) is 0 Å². The Balaban J connectivity index is 1.34. The number of nitrogens with one attached hydrogen (secondary N) is 1. The number of aliphatic imine (C=N–C) groups is 1. The van der Waals surface area contributed by atoms with E-state index in [9.17, 15) is 14.7 Å². The zero-order valence-corrected chi connectivity index (χ0v) is 24.3. The Labute approximate surface area is 244 Å². The Hall–Kier alpha value is -4.23. The molecule has 6 nitrogen and oxygen atoms in total. The fourth-order valence-electron chi connectivity index (χ4n) is 5.09. The summed E-state index contributed by atoms with van der Waals surface area (Å²) in [6, 6.07) is 23.8. The number of carboxylic acids is 1. The van der Waals surface area contributed by atoms with Gasteiger partial charge in [0.1, 0.15) is 17.4 Å². The number of hydrogen-bond donors (Lipinski definition) is 2. The second-order valence-electron chi connectivity index (χ2n) is 11.4. The molecule has 210 valence electrons. The minimum atomic E-state index is -0.961. The fraction of sp³-hybridized carbons (Fsp3) is 0.265. The first-order chi connectivity index (χ1) is 19.7. The van der Waals surface area contributed by atoms with Crippen molar-refractivity contribution in [3.8, 4) is 5.75 Å². The van der Waals surface area contributed by atoms with E-state index in [4.69, 9.17) is 9.73 Å². The van der Waals surface area contributed by atoms with Crippen molar-refractivity contribution in [3.05, 3.63) is 112 Å². The van der Waals surface area contributed by atoms with E-state index >= 15 is 0 Å². The van der Waals surface area contributed by atoms with Crippen LogP contribution in [0.5, 0.6) is 5.75 Å². The van der Waals surface area contributed by atoms with Gasteiger partial charge in [0.25, 0.3) is 5.91 Å². The molecule has 0 saturated heterocycles. The van der Waals surface area contributed by atoms with Gasteiger partial charge < -0.3 is 15.2 Å². The summed E-state index contributed by atoms with van der Waals surface area (Å²) in [5.74, 6) is 0.155. The molecule has 4 aromatic rings. The van der Waals surface area contributed by atoms with Gasteiger partial charge in [0.15, 0.2) is 0 Å². The summed E-state index contributed by atoms with van der Waals surface area (Å²) in [6.45, 7) is 7.14. The van der Waals surface area contributed by atoms with Crippen LogP contribution in [0, 0.1) is 11.3 Å². The molecule has 0 unspecified atom stereocenters. The molecule has 1 amide bonds. The maximum Gasteiger partial charge on any atom is 0.335 e. The van der Waals surface area contributed by atoms with E-state index in [1.807, 2.05) is 60.7 Å². The molecular weight excluding hydrogens is 532 g/mol. The Morgan fingerprint density at radius 2 is 1.80 bits per heavy atom. The number of benzene rings is 3. The second kappa shape index (κ2) is 12.1. The van der Waals surface area contributed by atoms with Gasteiger partial charge in [-0.3, -0.25) is 4.79 Å². The number of carbonyl (C=O) groups is 2. The fourth-order valence-corrected chi connectivity index (χ4v) is 6.36. The summed E-state index contributed by atoms with van der Waals surface area (Å²) in [4.78, 5) is 30.8. The third kappa shape index (κ3) is 6.92. The smallest absolute Gasteiger partial charge is 0.335 e. The standard InChI is InChI=1S/C34H34N2O4S/c1-34(2,3)25-14-17-28-29(19-25)41-32(30(28)31(37)36-26-10-5-4-6-11-26)35-20-22-12-15-27(16-13-22)40-21-23-8-7-9-24(18-23)33(38)39/h4-13,15-16,18,20,25H,14,17,19,21H2,1-3H3,(H,36,37)(H,38,39)/t25-/m0/s1. The molecule has 0 radical (unpaired) electrons. The lowest BCUT2D eigenvalue weighted by atomic mass is 9.72. The van der Waals surface area contributed by atoms with E-state index < -0.39 is 5.97 Å². The van der Waals surface area contributed by atoms with Gasteiger partial charge in [-0.25, -0.2) is 9.79 Å². The van der Waals surface area contributed by atoms with Gasteiger partial charge in [0.05, 0.1) is 11.1 Å². The summed E-state index contributed by atoms with van der Waals surface area (Å²) in [7, 11) is 0. The molecule has 5 rings (SSSR count). The predicted octanol–water partition coefficient (Wildman–Crippen LogP) is 8.18. The Morgan fingerprint density at radius 1 is 1.05 bits per heavy atom. The van der Waals surface area contributed by atoms with Crippen LogP contribution in [0.3, 0.4) is 0 Å². The lowest BCUT2D eigenvalue weighted by Gasteiger charge is -2.33. The molecule has 41 heavy (non-hydrogen) atoms. The minimum absolute atomic E-state index is 0.120. The monoisotopic (exact) mass is 566 g/mol. The molecule has 0 fully saturated rings. The number of ether oxygens (including phenoxy) is 1. The molecule has 1 aliphatic rings. The predicted molar refractivity (Wildman–Crippen MR) is 165 cm³/mol. The first-order valence-corrected chi connectivity index (χ1v) is 14.6. The number of anilines is 1. The van der Waals surface area contributed by atoms with Crippen LogP contribution in [0.1, 0.15) is 69.5 Å². The van der Waals surface area contributed by atoms with Crippen LogP contribution in [-0.2, 0) is 19.4 Å². The first-order valence-electron chi connectivity index (χ1n) is 13.8. The van der Waals surface area contributed by atoms with Gasteiger partial charge >= 0.3 is 5.97 Å². The highest BCUT2D eigenvalue weighted by molar-refractivity contribution is 7.16. The Morgan fingerprint density at radius 3 is 2.51 bits per heavy atom. The Kier molecular flexibility index (Phi) is 8.36. The van der Waals surface area contributed by atoms with Crippen LogP contribution in [0.15, 0.2) is 83.9 Å². The van der Waals surface area contributed by atoms with Gasteiger partial charge in [-0.05, 0) is 95.8 Å². The normalized spacial score (nSPS) is 15.0. The van der Waals surface area contributed by atoms with Crippen LogP contribution >= 0.6 is 11.3 Å². The summed E-state index contributed by atoms with van der Waals surface area (Å²) in [6.07, 6.45) is 4.69. The van der Waals surface area contributed by atoms with Crippen molar-refractivity contribution in [1.29, 1.82) is 0 Å². The summed E-state index contributed by atoms with van der Waals surface area (Å²) < 4.78 is 5.86. The molecule has 1 aromatic heterocycles. The molecule has 1 heterocycles. The topological polar surface area (TPSA) is 88.0 Å². The summed E-state index contributed by atoms with van der Waals surface area (Å²) >= 11 is 1.63. The minimum Gasteiger partial charge on any atom is -0.489 e. The summed E-state index contributed by atoms with van der Waals surface area (Å²) in [5.41, 5.74) is 4.69. The number of nitrogens with zero attached hydrogens (tertiary/aromatic N) is 1. The molecule has 0 bridgehead atoms. The maximum atomic E-state index is 13.5. The lowest BCUT2D eigenvalue weighted by molar-refractivity contribution is 0.0696. The highest BCUT2D eigenvalue weighted by Gasteiger charge is 2.33. The number of rotatable bonds is 8. The van der Waals surface area contributed by atoms with Crippen LogP contribution < -0.4 is 10.1 Å². The number of carbonyl (C=O) groups excluding carboxylic acids is 1. The second-order valence-corrected chi connectivity index (χ2v) is 12.5. The maximum absolute atomic E-state index is 13.5. The van der Waals surface area contributed by atoms with Gasteiger partial charge in [-0.15, -0.1) is 11.3 Å².